The first-order valence-electron chi connectivity index (χ1n) is 11.2. The highest BCUT2D eigenvalue weighted by atomic mass is 79.9. The number of piperazine rings is 1. The number of nitrogens with zero attached hydrogens (tertiary/aromatic N) is 2. The molecule has 0 saturated carbocycles. The SMILES string of the molecule is O=C(c1ccccc1)N1CC[NH+](CC(O)Cn2c3ccc(Br)cc3c3cc(Br)ccc32)CC1. The van der Waals surface area contributed by atoms with E-state index >= 15 is 0 Å². The topological polar surface area (TPSA) is 49.9 Å². The van der Waals surface area contributed by atoms with Gasteiger partial charge in [0.1, 0.15) is 12.6 Å². The van der Waals surface area contributed by atoms with E-state index in [2.05, 4.69) is 60.7 Å². The van der Waals surface area contributed by atoms with Crippen LogP contribution in [0.2, 0.25) is 0 Å². The smallest absolute Gasteiger partial charge is 0.254 e. The van der Waals surface area contributed by atoms with Crippen molar-refractivity contribution in [3.63, 3.8) is 0 Å². The molecule has 1 atom stereocenters. The number of aliphatic hydroxyl groups excluding tert-OH is 1. The van der Waals surface area contributed by atoms with Gasteiger partial charge in [0.05, 0.1) is 32.7 Å². The Kier molecular flexibility index (Phi) is 6.56. The van der Waals surface area contributed by atoms with E-state index in [9.17, 15) is 9.90 Å². The summed E-state index contributed by atoms with van der Waals surface area (Å²) in [5.74, 6) is 0.0952. The summed E-state index contributed by atoms with van der Waals surface area (Å²) >= 11 is 7.18. The van der Waals surface area contributed by atoms with Gasteiger partial charge in [-0.1, -0.05) is 50.1 Å². The third-order valence-corrected chi connectivity index (χ3v) is 7.47. The van der Waals surface area contributed by atoms with Crippen LogP contribution in [-0.2, 0) is 6.54 Å². The second-order valence-corrected chi connectivity index (χ2v) is 10.5. The fraction of sp³-hybridized carbons (Fsp3) is 0.269. The second kappa shape index (κ2) is 9.58. The Labute approximate surface area is 209 Å². The summed E-state index contributed by atoms with van der Waals surface area (Å²) in [6.45, 7) is 4.34. The van der Waals surface area contributed by atoms with Gasteiger partial charge in [-0.05, 0) is 48.5 Å². The Hall–Kier alpha value is -2.19. The highest BCUT2D eigenvalue weighted by molar-refractivity contribution is 9.10. The molecule has 2 heterocycles. The lowest BCUT2D eigenvalue weighted by Gasteiger charge is -2.33. The molecule has 1 fully saturated rings. The summed E-state index contributed by atoms with van der Waals surface area (Å²) in [6, 6.07) is 22.1. The number of aromatic nitrogens is 1. The van der Waals surface area contributed by atoms with E-state index in [1.165, 1.54) is 15.7 Å². The van der Waals surface area contributed by atoms with Gasteiger partial charge in [0.15, 0.2) is 0 Å². The molecule has 170 valence electrons. The fourth-order valence-electron chi connectivity index (χ4n) is 4.85. The van der Waals surface area contributed by atoms with Crippen LogP contribution >= 0.6 is 31.9 Å². The minimum atomic E-state index is -0.470. The van der Waals surface area contributed by atoms with Gasteiger partial charge in [-0.2, -0.15) is 0 Å². The quantitative estimate of drug-likeness (QED) is 0.384. The highest BCUT2D eigenvalue weighted by Crippen LogP contribution is 2.33. The van der Waals surface area contributed by atoms with Crippen molar-refractivity contribution < 1.29 is 14.8 Å². The van der Waals surface area contributed by atoms with Gasteiger partial charge in [-0.25, -0.2) is 0 Å². The molecule has 1 aliphatic rings. The van der Waals surface area contributed by atoms with Gasteiger partial charge in [0, 0.05) is 36.3 Å². The molecule has 1 aromatic heterocycles. The molecule has 5 nitrogen and oxygen atoms in total. The maximum atomic E-state index is 12.7. The molecule has 0 aliphatic carbocycles. The van der Waals surface area contributed by atoms with Crippen LogP contribution in [0.3, 0.4) is 0 Å². The van der Waals surface area contributed by atoms with E-state index in [-0.39, 0.29) is 5.91 Å². The van der Waals surface area contributed by atoms with Gasteiger partial charge in [-0.3, -0.25) is 4.79 Å². The molecule has 0 radical (unpaired) electrons. The van der Waals surface area contributed by atoms with Gasteiger partial charge in [0.2, 0.25) is 0 Å². The zero-order chi connectivity index (χ0) is 22.9. The van der Waals surface area contributed by atoms with Crippen molar-refractivity contribution in [3.8, 4) is 0 Å². The van der Waals surface area contributed by atoms with E-state index in [4.69, 9.17) is 0 Å². The molecule has 3 aromatic carbocycles. The molecule has 33 heavy (non-hydrogen) atoms. The van der Waals surface area contributed by atoms with E-state index in [0.29, 0.717) is 26.2 Å². The lowest BCUT2D eigenvalue weighted by atomic mass is 10.2. The summed E-state index contributed by atoms with van der Waals surface area (Å²) in [6.07, 6.45) is -0.470. The van der Waals surface area contributed by atoms with Crippen molar-refractivity contribution in [1.82, 2.24) is 9.47 Å². The molecular weight excluding hydrogens is 546 g/mol. The number of nitrogens with one attached hydrogen (secondary N) is 1. The highest BCUT2D eigenvalue weighted by Gasteiger charge is 2.26. The van der Waals surface area contributed by atoms with Crippen molar-refractivity contribution in [3.05, 3.63) is 81.2 Å². The maximum Gasteiger partial charge on any atom is 0.254 e. The number of quaternary nitrogens is 1. The van der Waals surface area contributed by atoms with Crippen molar-refractivity contribution in [2.45, 2.75) is 12.6 Å². The minimum absolute atomic E-state index is 0.0952. The Morgan fingerprint density at radius 1 is 0.909 bits per heavy atom. The van der Waals surface area contributed by atoms with Crippen molar-refractivity contribution in [1.29, 1.82) is 0 Å². The number of halogens is 2. The number of fused-ring (bicyclic) bond motifs is 3. The first kappa shape index (κ1) is 22.6. The largest absolute Gasteiger partial charge is 0.385 e. The first-order chi connectivity index (χ1) is 16.0. The Balaban J connectivity index is 1.27. The van der Waals surface area contributed by atoms with Crippen LogP contribution in [0.5, 0.6) is 0 Å². The van der Waals surface area contributed by atoms with Gasteiger partial charge in [0.25, 0.3) is 5.91 Å². The number of carbonyl (C=O) groups is 1. The van der Waals surface area contributed by atoms with Crippen molar-refractivity contribution in [2.24, 2.45) is 0 Å². The lowest BCUT2D eigenvalue weighted by molar-refractivity contribution is -0.907. The molecule has 1 unspecified atom stereocenters. The molecule has 5 rings (SSSR count). The van der Waals surface area contributed by atoms with Crippen LogP contribution in [0.25, 0.3) is 21.8 Å². The van der Waals surface area contributed by atoms with Gasteiger partial charge < -0.3 is 19.5 Å². The summed E-state index contributed by atoms with van der Waals surface area (Å²) in [7, 11) is 0. The predicted octanol–water partition coefficient (Wildman–Crippen LogP) is 3.72. The fourth-order valence-corrected chi connectivity index (χ4v) is 5.57. The summed E-state index contributed by atoms with van der Waals surface area (Å²) < 4.78 is 4.31. The summed E-state index contributed by atoms with van der Waals surface area (Å²) in [5.41, 5.74) is 2.99. The second-order valence-electron chi connectivity index (χ2n) is 8.70. The average molecular weight is 572 g/mol. The number of rotatable bonds is 5. The monoisotopic (exact) mass is 570 g/mol. The molecular formula is C26H26Br2N3O2+. The number of amides is 1. The number of aliphatic hydroxyl groups is 1. The van der Waals surface area contributed by atoms with E-state index in [1.807, 2.05) is 47.4 Å². The number of hydrogen-bond acceptors (Lipinski definition) is 2. The molecule has 0 spiro atoms. The van der Waals surface area contributed by atoms with E-state index < -0.39 is 6.10 Å². The number of carbonyl (C=O) groups excluding carboxylic acids is 1. The summed E-state index contributed by atoms with van der Waals surface area (Å²) in [4.78, 5) is 16.0. The number of hydrogen-bond donors (Lipinski definition) is 2. The zero-order valence-electron chi connectivity index (χ0n) is 18.2. The normalized spacial score (nSPS) is 15.9. The average Bonchev–Trinajstić information content (AvgIpc) is 3.11. The standard InChI is InChI=1S/C26H25Br2N3O2/c27-19-6-8-24-22(14-19)23-15-20(28)7-9-25(23)31(24)17-21(32)16-29-10-12-30(13-11-29)26(33)18-4-2-1-3-5-18/h1-9,14-15,21,32H,10-13,16-17H2/p+1. The van der Waals surface area contributed by atoms with Crippen LogP contribution in [0.1, 0.15) is 10.4 Å². The Morgan fingerprint density at radius 3 is 2.06 bits per heavy atom. The molecule has 2 N–H and O–H groups in total. The predicted molar refractivity (Wildman–Crippen MR) is 139 cm³/mol. The third kappa shape index (κ3) is 4.73. The third-order valence-electron chi connectivity index (χ3n) is 6.49. The molecule has 1 amide bonds. The van der Waals surface area contributed by atoms with Crippen LogP contribution < -0.4 is 4.90 Å². The van der Waals surface area contributed by atoms with Crippen molar-refractivity contribution in [2.75, 3.05) is 32.7 Å². The molecule has 4 aromatic rings. The molecule has 0 bridgehead atoms. The molecule has 1 saturated heterocycles. The van der Waals surface area contributed by atoms with E-state index in [0.717, 1.165) is 38.6 Å². The Morgan fingerprint density at radius 2 is 1.48 bits per heavy atom. The minimum Gasteiger partial charge on any atom is -0.385 e. The van der Waals surface area contributed by atoms with Crippen LogP contribution in [0, 0.1) is 0 Å². The number of benzene rings is 3. The zero-order valence-corrected chi connectivity index (χ0v) is 21.3. The van der Waals surface area contributed by atoms with Crippen LogP contribution in [0.4, 0.5) is 0 Å². The van der Waals surface area contributed by atoms with Crippen LogP contribution in [-0.4, -0.2) is 59.3 Å². The van der Waals surface area contributed by atoms with E-state index in [1.54, 1.807) is 0 Å². The van der Waals surface area contributed by atoms with Crippen molar-refractivity contribution >= 4 is 59.6 Å². The Bertz CT molecular complexity index is 1240. The first-order valence-corrected chi connectivity index (χ1v) is 12.8. The van der Waals surface area contributed by atoms with Gasteiger partial charge in [-0.15, -0.1) is 0 Å². The van der Waals surface area contributed by atoms with Gasteiger partial charge >= 0.3 is 0 Å². The van der Waals surface area contributed by atoms with Crippen LogP contribution in [0.15, 0.2) is 75.7 Å². The maximum absolute atomic E-state index is 12.7. The molecule has 7 heteroatoms. The summed E-state index contributed by atoms with van der Waals surface area (Å²) in [5, 5.41) is 13.4. The lowest BCUT2D eigenvalue weighted by Crippen LogP contribution is -3.15. The molecule has 1 aliphatic heterocycles.